The van der Waals surface area contributed by atoms with Crippen LogP contribution in [0.2, 0.25) is 0 Å². The van der Waals surface area contributed by atoms with Crippen LogP contribution in [0.25, 0.3) is 0 Å². The first-order valence-electron chi connectivity index (χ1n) is 15.4. The SMILES string of the molecule is CI.c1ccc(OP2(Oc3ccccc3)=NP(Oc3ccccc3)(Oc3ccccc3)=NP(Oc3ccccc3)(Oc3ccccc3)=N2)cc1. The molecule has 6 aromatic rings. The average molecular weight is 836 g/mol. The molecule has 254 valence electrons. The highest BCUT2D eigenvalue weighted by molar-refractivity contribution is 14.1. The second-order valence-corrected chi connectivity index (χ2v) is 16.4. The zero-order valence-corrected chi connectivity index (χ0v) is 31.7. The molecule has 0 atom stereocenters. The predicted molar refractivity (Wildman–Crippen MR) is 210 cm³/mol. The summed E-state index contributed by atoms with van der Waals surface area (Å²) in [5, 5.41) is 0. The molecule has 0 aromatic heterocycles. The molecule has 0 N–H and O–H groups in total. The fraction of sp³-hybridized carbons (Fsp3) is 0.0270. The highest BCUT2D eigenvalue weighted by Gasteiger charge is 2.48. The second-order valence-electron chi connectivity index (χ2n) is 10.2. The Hall–Kier alpha value is -4.46. The van der Waals surface area contributed by atoms with Gasteiger partial charge in [-0.15, -0.1) is 0 Å². The summed E-state index contributed by atoms with van der Waals surface area (Å²) in [4.78, 5) is 1.97. The number of benzene rings is 6. The van der Waals surface area contributed by atoms with Crippen LogP contribution in [0, 0.1) is 0 Å². The van der Waals surface area contributed by atoms with Gasteiger partial charge in [0.25, 0.3) is 0 Å². The quantitative estimate of drug-likeness (QED) is 0.0692. The number of hydrogen-bond acceptors (Lipinski definition) is 9. The van der Waals surface area contributed by atoms with E-state index in [2.05, 4.69) is 22.6 Å². The van der Waals surface area contributed by atoms with Crippen LogP contribution in [-0.2, 0) is 0 Å². The van der Waals surface area contributed by atoms with E-state index in [-0.39, 0.29) is 0 Å². The van der Waals surface area contributed by atoms with E-state index in [4.69, 9.17) is 40.7 Å². The maximum atomic E-state index is 6.74. The molecule has 6 aromatic carbocycles. The van der Waals surface area contributed by atoms with Crippen molar-refractivity contribution in [3.63, 3.8) is 0 Å². The lowest BCUT2D eigenvalue weighted by atomic mass is 10.3. The molecule has 13 heteroatoms. The van der Waals surface area contributed by atoms with Gasteiger partial charge in [0.15, 0.2) is 0 Å². The molecule has 1 aliphatic rings. The predicted octanol–water partition coefficient (Wildman–Crippen LogP) is 13.4. The van der Waals surface area contributed by atoms with Crippen molar-refractivity contribution in [2.75, 3.05) is 4.93 Å². The van der Waals surface area contributed by atoms with Crippen LogP contribution in [0.5, 0.6) is 34.5 Å². The highest BCUT2D eigenvalue weighted by atomic mass is 127. The zero-order valence-electron chi connectivity index (χ0n) is 26.8. The number of hydrogen-bond donors (Lipinski definition) is 0. The highest BCUT2D eigenvalue weighted by Crippen LogP contribution is 2.78. The summed E-state index contributed by atoms with van der Waals surface area (Å²) < 4.78 is 56.0. The summed E-state index contributed by atoms with van der Waals surface area (Å²) in [6.07, 6.45) is 0. The topological polar surface area (TPSA) is 92.5 Å². The number of rotatable bonds is 12. The molecule has 1 aliphatic heterocycles. The van der Waals surface area contributed by atoms with E-state index in [0.717, 1.165) is 0 Å². The molecule has 50 heavy (non-hydrogen) atoms. The first kappa shape index (κ1) is 35.4. The van der Waals surface area contributed by atoms with Gasteiger partial charge in [-0.3, -0.25) is 0 Å². The van der Waals surface area contributed by atoms with Gasteiger partial charge in [-0.2, -0.15) is 0 Å². The first-order chi connectivity index (χ1) is 24.6. The van der Waals surface area contributed by atoms with Crippen LogP contribution >= 0.6 is 45.6 Å². The number of para-hydroxylation sites is 6. The van der Waals surface area contributed by atoms with Gasteiger partial charge < -0.3 is 27.1 Å². The van der Waals surface area contributed by atoms with E-state index in [1.807, 2.05) is 114 Å². The van der Waals surface area contributed by atoms with E-state index in [9.17, 15) is 0 Å². The van der Waals surface area contributed by atoms with E-state index in [1.165, 1.54) is 0 Å². The molecular weight excluding hydrogens is 802 g/mol. The molecule has 0 aliphatic carbocycles. The third-order valence-corrected chi connectivity index (χ3v) is 14.6. The summed E-state index contributed by atoms with van der Waals surface area (Å²) >= 11 is 2.15. The number of nitrogens with zero attached hydrogens (tertiary/aromatic N) is 3. The minimum Gasteiger partial charge on any atom is -0.413 e. The van der Waals surface area contributed by atoms with Crippen LogP contribution in [0.15, 0.2) is 196 Å². The van der Waals surface area contributed by atoms with Gasteiger partial charge in [-0.25, -0.2) is 0 Å². The molecule has 0 saturated heterocycles. The summed E-state index contributed by atoms with van der Waals surface area (Å²) in [6, 6.07) is 55.3. The van der Waals surface area contributed by atoms with Gasteiger partial charge in [0.1, 0.15) is 34.5 Å². The number of halogens is 1. The van der Waals surface area contributed by atoms with Gasteiger partial charge in [0.05, 0.1) is 0 Å². The maximum absolute atomic E-state index is 6.74. The van der Waals surface area contributed by atoms with Crippen LogP contribution in [-0.4, -0.2) is 4.93 Å². The van der Waals surface area contributed by atoms with Gasteiger partial charge in [-0.05, 0) is 77.7 Å². The first-order valence-corrected chi connectivity index (χ1v) is 22.1. The lowest BCUT2D eigenvalue weighted by Gasteiger charge is -2.33. The second kappa shape index (κ2) is 17.0. The van der Waals surface area contributed by atoms with Crippen molar-refractivity contribution in [2.24, 2.45) is 13.5 Å². The van der Waals surface area contributed by atoms with Crippen LogP contribution < -0.4 is 27.1 Å². The van der Waals surface area contributed by atoms with Crippen LogP contribution in [0.3, 0.4) is 0 Å². The molecule has 0 saturated carbocycles. The van der Waals surface area contributed by atoms with Crippen LogP contribution in [0.4, 0.5) is 0 Å². The average Bonchev–Trinajstić information content (AvgIpc) is 3.14. The minimum absolute atomic E-state index is 0.464. The smallest absolute Gasteiger partial charge is 0.413 e. The van der Waals surface area contributed by atoms with E-state index < -0.39 is 23.0 Å². The van der Waals surface area contributed by atoms with Crippen molar-refractivity contribution in [3.05, 3.63) is 182 Å². The Morgan fingerprint density at radius 1 is 0.280 bits per heavy atom. The van der Waals surface area contributed by atoms with Crippen molar-refractivity contribution < 1.29 is 27.1 Å². The largest absolute Gasteiger partial charge is 0.460 e. The Morgan fingerprint density at radius 2 is 0.420 bits per heavy atom. The normalized spacial score (nSPS) is 14.8. The lowest BCUT2D eigenvalue weighted by molar-refractivity contribution is 0.443. The molecular formula is C37H33IN3O6P3. The molecule has 0 radical (unpaired) electrons. The molecule has 0 bridgehead atoms. The fourth-order valence-corrected chi connectivity index (χ4v) is 13.5. The molecule has 1 heterocycles. The Kier molecular flexibility index (Phi) is 12.0. The van der Waals surface area contributed by atoms with Crippen LogP contribution in [0.1, 0.15) is 0 Å². The van der Waals surface area contributed by atoms with Crippen molar-refractivity contribution in [2.45, 2.75) is 0 Å². The minimum atomic E-state index is -3.87. The van der Waals surface area contributed by atoms with Gasteiger partial charge in [0, 0.05) is 0 Å². The van der Waals surface area contributed by atoms with E-state index in [1.54, 1.807) is 72.8 Å². The van der Waals surface area contributed by atoms with Crippen molar-refractivity contribution in [1.29, 1.82) is 0 Å². The maximum Gasteiger partial charge on any atom is 0.460 e. The monoisotopic (exact) mass is 835 g/mol. The summed E-state index contributed by atoms with van der Waals surface area (Å²) in [5.41, 5.74) is 0. The Balaban J connectivity index is 0.00000212. The van der Waals surface area contributed by atoms with Gasteiger partial charge in [-0.1, -0.05) is 145 Å². The molecule has 9 nitrogen and oxygen atoms in total. The summed E-state index contributed by atoms with van der Waals surface area (Å²) in [7, 11) is -11.6. The molecule has 0 amide bonds. The molecule has 7 rings (SSSR count). The standard InChI is InChI=1S/C36H30N3O6P3.CH3I/c1-7-19-31(20-8-1)40-46(41-32-21-9-2-10-22-32)37-47(42-33-23-11-3-12-24-33,43-34-25-13-4-14-26-34)39-48(38-46,44-35-27-15-5-16-28-35)45-36-29-17-6-18-30-36;1-2/h1-30H;1H3. The lowest BCUT2D eigenvalue weighted by Crippen LogP contribution is -2.11. The fourth-order valence-electron chi connectivity index (χ4n) is 4.47. The zero-order chi connectivity index (χ0) is 34.5. The third kappa shape index (κ3) is 9.40. The Labute approximate surface area is 306 Å². The van der Waals surface area contributed by atoms with Crippen molar-refractivity contribution in [1.82, 2.24) is 0 Å². The summed E-state index contributed by atoms with van der Waals surface area (Å²) in [6.45, 7) is 0. The van der Waals surface area contributed by atoms with E-state index in [0.29, 0.717) is 34.5 Å². The Morgan fingerprint density at radius 3 is 0.560 bits per heavy atom. The van der Waals surface area contributed by atoms with Crippen molar-refractivity contribution in [3.8, 4) is 34.5 Å². The Bertz CT molecular complexity index is 1720. The van der Waals surface area contributed by atoms with Gasteiger partial charge >= 0.3 is 23.0 Å². The molecule has 0 spiro atoms. The third-order valence-electron chi connectivity index (χ3n) is 6.48. The van der Waals surface area contributed by atoms with Crippen molar-refractivity contribution >= 4 is 45.6 Å². The summed E-state index contributed by atoms with van der Waals surface area (Å²) in [5.74, 6) is 2.78. The van der Waals surface area contributed by atoms with Gasteiger partial charge in [0.2, 0.25) is 0 Å². The number of alkyl halides is 1. The molecule has 0 fully saturated rings. The molecule has 0 unspecified atom stereocenters. The van der Waals surface area contributed by atoms with E-state index >= 15 is 0 Å².